The molecule has 0 saturated carbocycles. The van der Waals surface area contributed by atoms with E-state index in [1.165, 1.54) is 16.9 Å². The van der Waals surface area contributed by atoms with Crippen LogP contribution in [0.15, 0.2) is 66.9 Å². The van der Waals surface area contributed by atoms with Gasteiger partial charge < -0.3 is 0 Å². The minimum Gasteiger partial charge on any atom is -0.298 e. The Morgan fingerprint density at radius 2 is 1.85 bits per heavy atom. The Morgan fingerprint density at radius 1 is 1.08 bits per heavy atom. The highest BCUT2D eigenvalue weighted by Crippen LogP contribution is 2.24. The number of aromatic nitrogens is 2. The Labute approximate surface area is 155 Å². The average molecular weight is 359 g/mol. The number of anilines is 1. The van der Waals surface area contributed by atoms with Gasteiger partial charge in [-0.05, 0) is 24.6 Å². The van der Waals surface area contributed by atoms with Crippen LogP contribution < -0.4 is 5.32 Å². The van der Waals surface area contributed by atoms with Gasteiger partial charge in [-0.25, -0.2) is 4.98 Å². The van der Waals surface area contributed by atoms with E-state index in [-0.39, 0.29) is 5.91 Å². The zero-order chi connectivity index (χ0) is 17.9. The maximum absolute atomic E-state index is 12.8. The van der Waals surface area contributed by atoms with Crippen LogP contribution in [0, 0.1) is 6.92 Å². The molecule has 1 amide bonds. The number of amides is 1. The summed E-state index contributed by atoms with van der Waals surface area (Å²) >= 11 is 1.50. The van der Waals surface area contributed by atoms with Gasteiger partial charge in [-0.3, -0.25) is 15.1 Å². The molecule has 0 aliphatic carbocycles. The van der Waals surface area contributed by atoms with Crippen molar-refractivity contribution in [2.24, 2.45) is 0 Å². The highest BCUT2D eigenvalue weighted by Gasteiger charge is 2.14. The summed E-state index contributed by atoms with van der Waals surface area (Å²) in [6.07, 6.45) is 2.63. The molecular weight excluding hydrogens is 342 g/mol. The number of fused-ring (bicyclic) bond motifs is 1. The SMILES string of the molecule is Cc1cc(C(=O)Nc2ncc(Cc3ccccc3)s2)c2ccccc2n1. The minimum atomic E-state index is -0.160. The minimum absolute atomic E-state index is 0.160. The third-order valence-electron chi connectivity index (χ3n) is 4.08. The standard InChI is InChI=1S/C21H17N3OS/c1-14-11-18(17-9-5-6-10-19(17)23-14)20(25)24-21-22-13-16(26-21)12-15-7-3-2-4-8-15/h2-11,13H,12H2,1H3,(H,22,24,25). The van der Waals surface area contributed by atoms with Gasteiger partial charge in [0.25, 0.3) is 5.91 Å². The molecule has 128 valence electrons. The second-order valence-corrected chi connectivity index (χ2v) is 7.19. The molecule has 0 atom stereocenters. The first-order valence-corrected chi connectivity index (χ1v) is 9.17. The van der Waals surface area contributed by atoms with Gasteiger partial charge in [0.05, 0.1) is 11.1 Å². The number of pyridine rings is 1. The monoisotopic (exact) mass is 359 g/mol. The first kappa shape index (κ1) is 16.4. The summed E-state index contributed by atoms with van der Waals surface area (Å²) in [6.45, 7) is 1.89. The Balaban J connectivity index is 1.56. The lowest BCUT2D eigenvalue weighted by atomic mass is 10.1. The third-order valence-corrected chi connectivity index (χ3v) is 5.00. The fourth-order valence-corrected chi connectivity index (χ4v) is 3.75. The molecule has 0 unspecified atom stereocenters. The van der Waals surface area contributed by atoms with Gasteiger partial charge in [0, 0.05) is 28.6 Å². The van der Waals surface area contributed by atoms with Crippen LogP contribution in [0.5, 0.6) is 0 Å². The van der Waals surface area contributed by atoms with Gasteiger partial charge in [-0.1, -0.05) is 48.5 Å². The van der Waals surface area contributed by atoms with E-state index in [1.807, 2.05) is 61.7 Å². The zero-order valence-electron chi connectivity index (χ0n) is 14.3. The van der Waals surface area contributed by atoms with Crippen molar-refractivity contribution in [2.75, 3.05) is 5.32 Å². The second-order valence-electron chi connectivity index (χ2n) is 6.08. The maximum atomic E-state index is 12.8. The summed E-state index contributed by atoms with van der Waals surface area (Å²) in [5, 5.41) is 4.38. The molecule has 0 bridgehead atoms. The highest BCUT2D eigenvalue weighted by atomic mass is 32.1. The molecule has 4 aromatic rings. The Morgan fingerprint density at radius 3 is 2.69 bits per heavy atom. The predicted molar refractivity (Wildman–Crippen MR) is 106 cm³/mol. The molecule has 0 aliphatic rings. The van der Waals surface area contributed by atoms with Crippen LogP contribution in [0.2, 0.25) is 0 Å². The van der Waals surface area contributed by atoms with Gasteiger partial charge in [0.1, 0.15) is 0 Å². The number of nitrogens with one attached hydrogen (secondary N) is 1. The van der Waals surface area contributed by atoms with E-state index in [0.29, 0.717) is 10.7 Å². The lowest BCUT2D eigenvalue weighted by Crippen LogP contribution is -2.12. The number of hydrogen-bond acceptors (Lipinski definition) is 4. The average Bonchev–Trinajstić information content (AvgIpc) is 3.08. The van der Waals surface area contributed by atoms with E-state index in [4.69, 9.17) is 0 Å². The molecule has 2 aromatic heterocycles. The molecule has 26 heavy (non-hydrogen) atoms. The van der Waals surface area contributed by atoms with Crippen LogP contribution in [0.1, 0.15) is 26.5 Å². The highest BCUT2D eigenvalue weighted by molar-refractivity contribution is 7.15. The number of aryl methyl sites for hydroxylation is 1. The van der Waals surface area contributed by atoms with Gasteiger partial charge in [-0.2, -0.15) is 0 Å². The molecule has 0 fully saturated rings. The largest absolute Gasteiger partial charge is 0.298 e. The summed E-state index contributed by atoms with van der Waals surface area (Å²) < 4.78 is 0. The molecule has 0 radical (unpaired) electrons. The van der Waals surface area contributed by atoms with Gasteiger partial charge >= 0.3 is 0 Å². The number of para-hydroxylation sites is 1. The van der Waals surface area contributed by atoms with E-state index in [2.05, 4.69) is 27.4 Å². The molecule has 4 rings (SSSR count). The quantitative estimate of drug-likeness (QED) is 0.567. The van der Waals surface area contributed by atoms with Crippen LogP contribution in [-0.2, 0) is 6.42 Å². The fourth-order valence-electron chi connectivity index (χ4n) is 2.90. The topological polar surface area (TPSA) is 54.9 Å². The van der Waals surface area contributed by atoms with Crippen molar-refractivity contribution in [1.29, 1.82) is 0 Å². The number of rotatable bonds is 4. The van der Waals surface area contributed by atoms with E-state index in [0.717, 1.165) is 27.9 Å². The van der Waals surface area contributed by atoms with Gasteiger partial charge in [0.2, 0.25) is 0 Å². The molecule has 0 spiro atoms. The van der Waals surface area contributed by atoms with Crippen molar-refractivity contribution < 1.29 is 4.79 Å². The molecular formula is C21H17N3OS. The smallest absolute Gasteiger partial charge is 0.258 e. The Bertz CT molecular complexity index is 1070. The van der Waals surface area contributed by atoms with E-state index < -0.39 is 0 Å². The summed E-state index contributed by atoms with van der Waals surface area (Å²) in [5.41, 5.74) is 3.48. The molecule has 0 aliphatic heterocycles. The number of benzene rings is 2. The van der Waals surface area contributed by atoms with E-state index in [1.54, 1.807) is 0 Å². The van der Waals surface area contributed by atoms with Crippen molar-refractivity contribution in [3.8, 4) is 0 Å². The summed E-state index contributed by atoms with van der Waals surface area (Å²) in [4.78, 5) is 22.7. The Hall–Kier alpha value is -3.05. The third kappa shape index (κ3) is 3.48. The van der Waals surface area contributed by atoms with Crippen molar-refractivity contribution in [3.05, 3.63) is 88.6 Å². The van der Waals surface area contributed by atoms with Crippen LogP contribution in [0.3, 0.4) is 0 Å². The fraction of sp³-hybridized carbons (Fsp3) is 0.0952. The zero-order valence-corrected chi connectivity index (χ0v) is 15.1. The molecule has 5 heteroatoms. The number of carbonyl (C=O) groups excluding carboxylic acids is 1. The summed E-state index contributed by atoms with van der Waals surface area (Å²) in [7, 11) is 0. The molecule has 4 nitrogen and oxygen atoms in total. The number of nitrogens with zero attached hydrogens (tertiary/aromatic N) is 2. The summed E-state index contributed by atoms with van der Waals surface area (Å²) in [5.74, 6) is -0.160. The lowest BCUT2D eigenvalue weighted by Gasteiger charge is -2.07. The Kier molecular flexibility index (Phi) is 4.46. The molecule has 2 aromatic carbocycles. The number of carbonyl (C=O) groups is 1. The van der Waals surface area contributed by atoms with Crippen LogP contribution in [-0.4, -0.2) is 15.9 Å². The number of thiazole rings is 1. The van der Waals surface area contributed by atoms with Crippen molar-refractivity contribution in [3.63, 3.8) is 0 Å². The molecule has 1 N–H and O–H groups in total. The lowest BCUT2D eigenvalue weighted by molar-refractivity contribution is 0.102. The van der Waals surface area contributed by atoms with Crippen molar-refractivity contribution >= 4 is 33.3 Å². The van der Waals surface area contributed by atoms with Crippen LogP contribution in [0.4, 0.5) is 5.13 Å². The van der Waals surface area contributed by atoms with E-state index in [9.17, 15) is 4.79 Å². The maximum Gasteiger partial charge on any atom is 0.258 e. The van der Waals surface area contributed by atoms with Crippen molar-refractivity contribution in [1.82, 2.24) is 9.97 Å². The first-order chi connectivity index (χ1) is 12.7. The molecule has 2 heterocycles. The predicted octanol–water partition coefficient (Wildman–Crippen LogP) is 4.84. The van der Waals surface area contributed by atoms with Gasteiger partial charge in [-0.15, -0.1) is 11.3 Å². The summed E-state index contributed by atoms with van der Waals surface area (Å²) in [6, 6.07) is 19.7. The molecule has 0 saturated heterocycles. The first-order valence-electron chi connectivity index (χ1n) is 8.35. The van der Waals surface area contributed by atoms with Crippen LogP contribution in [0.25, 0.3) is 10.9 Å². The normalized spacial score (nSPS) is 10.8. The van der Waals surface area contributed by atoms with Crippen molar-refractivity contribution in [2.45, 2.75) is 13.3 Å². The van der Waals surface area contributed by atoms with Gasteiger partial charge in [0.15, 0.2) is 5.13 Å². The van der Waals surface area contributed by atoms with E-state index >= 15 is 0 Å². The second kappa shape index (κ2) is 7.06. The van der Waals surface area contributed by atoms with Crippen LogP contribution >= 0.6 is 11.3 Å². The number of hydrogen-bond donors (Lipinski definition) is 1.